The normalized spacial score (nSPS) is 16.8. The molecule has 0 radical (unpaired) electrons. The first-order valence-electron chi connectivity index (χ1n) is 11.1. The first-order valence-corrected chi connectivity index (χ1v) is 11.1. The Labute approximate surface area is 193 Å². The number of hydrogen-bond donors (Lipinski definition) is 0. The van der Waals surface area contributed by atoms with E-state index in [-0.39, 0.29) is 23.4 Å². The van der Waals surface area contributed by atoms with E-state index in [0.717, 1.165) is 25.7 Å². The van der Waals surface area contributed by atoms with Crippen LogP contribution in [0, 0.1) is 12.8 Å². The highest BCUT2D eigenvalue weighted by Gasteiger charge is 2.31. The molecule has 2 aromatic carbocycles. The van der Waals surface area contributed by atoms with Crippen molar-refractivity contribution in [3.63, 3.8) is 0 Å². The van der Waals surface area contributed by atoms with Crippen molar-refractivity contribution in [3.8, 4) is 28.7 Å². The van der Waals surface area contributed by atoms with E-state index in [0.29, 0.717) is 45.4 Å². The van der Waals surface area contributed by atoms with Gasteiger partial charge in [-0.2, -0.15) is 0 Å². The van der Waals surface area contributed by atoms with Crippen LogP contribution in [0.15, 0.2) is 30.0 Å². The van der Waals surface area contributed by atoms with Crippen molar-refractivity contribution in [1.82, 2.24) is 0 Å². The number of hydrogen-bond acceptors (Lipinski definition) is 7. The maximum Gasteiger partial charge on any atom is 0.314 e. The number of methoxy groups -OCH3 is 3. The smallest absolute Gasteiger partial charge is 0.314 e. The van der Waals surface area contributed by atoms with E-state index >= 15 is 0 Å². The predicted octanol–water partition coefficient (Wildman–Crippen LogP) is 5.12. The Kier molecular flexibility index (Phi) is 6.58. The van der Waals surface area contributed by atoms with Crippen LogP contribution < -0.4 is 23.7 Å². The summed E-state index contributed by atoms with van der Waals surface area (Å²) >= 11 is 0. The quantitative estimate of drug-likeness (QED) is 0.342. The molecule has 1 aliphatic carbocycles. The number of Topliss-reactive ketones (excluding diaryl/α,β-unsaturated/α-hetero) is 1. The molecular weight excluding hydrogens is 424 g/mol. The number of ketones is 1. The number of allylic oxidation sites excluding steroid dienone is 1. The van der Waals surface area contributed by atoms with Crippen LogP contribution in [-0.4, -0.2) is 33.1 Å². The van der Waals surface area contributed by atoms with E-state index in [1.807, 2.05) is 0 Å². The largest absolute Gasteiger partial charge is 0.493 e. The van der Waals surface area contributed by atoms with Gasteiger partial charge in [-0.3, -0.25) is 9.59 Å². The lowest BCUT2D eigenvalue weighted by molar-refractivity contribution is -0.140. The molecule has 0 saturated heterocycles. The average Bonchev–Trinajstić information content (AvgIpc) is 3.16. The summed E-state index contributed by atoms with van der Waals surface area (Å²) in [7, 11) is 4.59. The molecule has 0 amide bonds. The van der Waals surface area contributed by atoms with Crippen molar-refractivity contribution in [2.75, 3.05) is 21.3 Å². The van der Waals surface area contributed by atoms with Crippen LogP contribution in [0.2, 0.25) is 0 Å². The van der Waals surface area contributed by atoms with Gasteiger partial charge in [-0.1, -0.05) is 19.3 Å². The minimum atomic E-state index is -0.244. The number of rotatable bonds is 6. The van der Waals surface area contributed by atoms with E-state index in [9.17, 15) is 9.59 Å². The van der Waals surface area contributed by atoms with Gasteiger partial charge in [-0.05, 0) is 55.7 Å². The molecule has 2 aliphatic rings. The molecule has 0 atom stereocenters. The Balaban J connectivity index is 1.60. The van der Waals surface area contributed by atoms with E-state index < -0.39 is 0 Å². The van der Waals surface area contributed by atoms with E-state index in [2.05, 4.69) is 0 Å². The van der Waals surface area contributed by atoms with E-state index in [1.54, 1.807) is 37.3 Å². The van der Waals surface area contributed by atoms with Crippen LogP contribution in [-0.2, 0) is 4.79 Å². The summed E-state index contributed by atoms with van der Waals surface area (Å²) in [6, 6.07) is 6.78. The number of ether oxygens (including phenoxy) is 5. The zero-order valence-electron chi connectivity index (χ0n) is 19.4. The van der Waals surface area contributed by atoms with Crippen LogP contribution in [0.3, 0.4) is 0 Å². The van der Waals surface area contributed by atoms with Gasteiger partial charge in [0, 0.05) is 5.56 Å². The minimum Gasteiger partial charge on any atom is -0.493 e. The van der Waals surface area contributed by atoms with Crippen molar-refractivity contribution in [3.05, 3.63) is 46.7 Å². The summed E-state index contributed by atoms with van der Waals surface area (Å²) in [5, 5.41) is 0. The number of benzene rings is 2. The highest BCUT2D eigenvalue weighted by molar-refractivity contribution is 6.15. The summed E-state index contributed by atoms with van der Waals surface area (Å²) in [5.41, 5.74) is 1.71. The zero-order valence-corrected chi connectivity index (χ0v) is 19.4. The SMILES string of the molecule is COc1cc(/C=C2\Oc3c(ccc(OC(=O)C4CCCCC4)c3C)C2=O)cc(OC)c1OC. The predicted molar refractivity (Wildman–Crippen MR) is 122 cm³/mol. The monoisotopic (exact) mass is 452 g/mol. The highest BCUT2D eigenvalue weighted by atomic mass is 16.5. The van der Waals surface area contributed by atoms with Gasteiger partial charge >= 0.3 is 5.97 Å². The van der Waals surface area contributed by atoms with Crippen LogP contribution in [0.5, 0.6) is 28.7 Å². The molecule has 174 valence electrons. The Morgan fingerprint density at radius 1 is 0.970 bits per heavy atom. The fourth-order valence-corrected chi connectivity index (χ4v) is 4.34. The summed E-state index contributed by atoms with van der Waals surface area (Å²) in [4.78, 5) is 25.6. The lowest BCUT2D eigenvalue weighted by Crippen LogP contribution is -2.23. The molecule has 0 spiro atoms. The van der Waals surface area contributed by atoms with Gasteiger partial charge in [0.2, 0.25) is 11.5 Å². The van der Waals surface area contributed by atoms with Crippen LogP contribution in [0.4, 0.5) is 0 Å². The molecule has 1 heterocycles. The number of carbonyl (C=O) groups excluding carboxylic acids is 2. The zero-order chi connectivity index (χ0) is 23.5. The Morgan fingerprint density at radius 2 is 1.64 bits per heavy atom. The van der Waals surface area contributed by atoms with Crippen LogP contribution in [0.25, 0.3) is 6.08 Å². The van der Waals surface area contributed by atoms with Crippen LogP contribution in [0.1, 0.15) is 53.6 Å². The van der Waals surface area contributed by atoms with Gasteiger partial charge in [0.15, 0.2) is 17.3 Å². The molecule has 1 fully saturated rings. The molecule has 0 unspecified atom stereocenters. The molecule has 7 nitrogen and oxygen atoms in total. The maximum atomic E-state index is 13.0. The molecule has 1 saturated carbocycles. The standard InChI is InChI=1S/C26H28O7/c1-15-19(33-26(28)17-8-6-5-7-9-17)11-10-18-23(27)20(32-24(15)18)12-16-13-21(29-2)25(31-4)22(14-16)30-3/h10-14,17H,5-9H2,1-4H3/b20-12-. The average molecular weight is 453 g/mol. The molecule has 7 heteroatoms. The summed E-state index contributed by atoms with van der Waals surface area (Å²) in [6.07, 6.45) is 6.61. The summed E-state index contributed by atoms with van der Waals surface area (Å²) in [5.74, 6) is 1.88. The van der Waals surface area contributed by atoms with Gasteiger partial charge in [0.1, 0.15) is 11.5 Å². The van der Waals surface area contributed by atoms with Crippen molar-refractivity contribution < 1.29 is 33.3 Å². The number of carbonyl (C=O) groups is 2. The fourth-order valence-electron chi connectivity index (χ4n) is 4.34. The van der Waals surface area contributed by atoms with Crippen molar-refractivity contribution in [2.45, 2.75) is 39.0 Å². The molecule has 2 aromatic rings. The molecular formula is C26H28O7. The molecule has 4 rings (SSSR count). The van der Waals surface area contributed by atoms with Gasteiger partial charge in [-0.15, -0.1) is 0 Å². The number of fused-ring (bicyclic) bond motifs is 1. The van der Waals surface area contributed by atoms with Gasteiger partial charge < -0.3 is 23.7 Å². The summed E-state index contributed by atoms with van der Waals surface area (Å²) in [6.45, 7) is 1.79. The second-order valence-electron chi connectivity index (χ2n) is 8.22. The Hall–Kier alpha value is -3.48. The third-order valence-electron chi connectivity index (χ3n) is 6.17. The third-order valence-corrected chi connectivity index (χ3v) is 6.17. The van der Waals surface area contributed by atoms with Crippen molar-refractivity contribution in [2.24, 2.45) is 5.92 Å². The third kappa shape index (κ3) is 4.40. The Bertz CT molecular complexity index is 1080. The molecule has 0 aromatic heterocycles. The molecule has 33 heavy (non-hydrogen) atoms. The second kappa shape index (κ2) is 9.57. The second-order valence-corrected chi connectivity index (χ2v) is 8.22. The summed E-state index contributed by atoms with van der Waals surface area (Å²) < 4.78 is 27.7. The lowest BCUT2D eigenvalue weighted by Gasteiger charge is -2.20. The topological polar surface area (TPSA) is 80.3 Å². The van der Waals surface area contributed by atoms with E-state index in [1.165, 1.54) is 27.8 Å². The first kappa shape index (κ1) is 22.7. The molecule has 0 N–H and O–H groups in total. The van der Waals surface area contributed by atoms with Gasteiger partial charge in [0.05, 0.1) is 32.8 Å². The van der Waals surface area contributed by atoms with Crippen LogP contribution >= 0.6 is 0 Å². The first-order chi connectivity index (χ1) is 16.0. The van der Waals surface area contributed by atoms with Gasteiger partial charge in [-0.25, -0.2) is 0 Å². The van der Waals surface area contributed by atoms with E-state index in [4.69, 9.17) is 23.7 Å². The molecule has 1 aliphatic heterocycles. The van der Waals surface area contributed by atoms with Crippen molar-refractivity contribution >= 4 is 17.8 Å². The lowest BCUT2D eigenvalue weighted by atomic mass is 9.89. The number of esters is 1. The van der Waals surface area contributed by atoms with Crippen molar-refractivity contribution in [1.29, 1.82) is 0 Å². The maximum absolute atomic E-state index is 13.0. The van der Waals surface area contributed by atoms with Gasteiger partial charge in [0.25, 0.3) is 0 Å². The molecule has 0 bridgehead atoms. The highest BCUT2D eigenvalue weighted by Crippen LogP contribution is 2.42. The minimum absolute atomic E-state index is 0.0653. The Morgan fingerprint density at radius 3 is 2.24 bits per heavy atom. The fraction of sp³-hybridized carbons (Fsp3) is 0.385.